The summed E-state index contributed by atoms with van der Waals surface area (Å²) in [5, 5.41) is 25.1. The van der Waals surface area contributed by atoms with Crippen LogP contribution in [0.15, 0.2) is 46.5 Å². The minimum atomic E-state index is -4.84. The summed E-state index contributed by atoms with van der Waals surface area (Å²) in [6.07, 6.45) is -4.75. The quantitative estimate of drug-likeness (QED) is 0.203. The number of benzene rings is 1. The molecule has 0 radical (unpaired) electrons. The molecule has 0 bridgehead atoms. The summed E-state index contributed by atoms with van der Waals surface area (Å²) >= 11 is 5.83. The Morgan fingerprint density at radius 1 is 1.11 bits per heavy atom. The van der Waals surface area contributed by atoms with Crippen molar-refractivity contribution in [1.29, 1.82) is 0 Å². The minimum absolute atomic E-state index is 0.120. The smallest absolute Gasteiger partial charge is 0.340 e. The van der Waals surface area contributed by atoms with Crippen molar-refractivity contribution in [3.63, 3.8) is 0 Å². The molecule has 1 saturated heterocycles. The van der Waals surface area contributed by atoms with Crippen molar-refractivity contribution in [3.05, 3.63) is 63.1 Å². The molecule has 0 spiro atoms. The van der Waals surface area contributed by atoms with Gasteiger partial charge < -0.3 is 39.0 Å². The lowest BCUT2D eigenvalue weighted by Gasteiger charge is -2.19. The molecular weight excluding hydrogens is 532 g/mol. The van der Waals surface area contributed by atoms with Gasteiger partial charge in [0.2, 0.25) is 0 Å². The molecule has 1 aromatic heterocycles. The second-order valence-electron chi connectivity index (χ2n) is 7.70. The molecule has 0 aliphatic carbocycles. The fraction of sp³-hybridized carbons (Fsp3) is 0.444. The number of rotatable bonds is 9. The Bertz CT molecular complexity index is 1260. The fourth-order valence-electron chi connectivity index (χ4n) is 3.19. The van der Waals surface area contributed by atoms with Crippen LogP contribution in [0, 0.1) is 0 Å². The molecule has 1 fully saturated rings. The van der Waals surface area contributed by atoms with Crippen molar-refractivity contribution >= 4 is 26.8 Å². The highest BCUT2D eigenvalue weighted by Gasteiger charge is 2.45. The number of aromatic nitrogens is 2. The summed E-state index contributed by atoms with van der Waals surface area (Å²) in [6, 6.07) is 8.29. The topological polar surface area (TPSA) is 202 Å². The average molecular weight is 556 g/mol. The van der Waals surface area contributed by atoms with Gasteiger partial charge in [-0.15, -0.1) is 0 Å². The molecule has 35 heavy (non-hydrogen) atoms. The predicted molar refractivity (Wildman–Crippen MR) is 120 cm³/mol. The minimum Gasteiger partial charge on any atom is -0.389 e. The van der Waals surface area contributed by atoms with Gasteiger partial charge in [-0.25, -0.2) is 4.79 Å². The molecule has 2 heterocycles. The van der Waals surface area contributed by atoms with Gasteiger partial charge in [0.1, 0.15) is 24.9 Å². The van der Waals surface area contributed by atoms with E-state index in [1.54, 1.807) is 24.3 Å². The predicted octanol–water partition coefficient (Wildman–Crippen LogP) is -0.171. The zero-order chi connectivity index (χ0) is 26.0. The van der Waals surface area contributed by atoms with Crippen molar-refractivity contribution in [1.82, 2.24) is 9.13 Å². The largest absolute Gasteiger partial charge is 0.389 e. The van der Waals surface area contributed by atoms with Crippen LogP contribution in [0.25, 0.3) is 0 Å². The second kappa shape index (κ2) is 11.1. The van der Waals surface area contributed by atoms with E-state index in [0.717, 1.165) is 14.7 Å². The van der Waals surface area contributed by atoms with E-state index in [4.69, 9.17) is 31.0 Å². The van der Waals surface area contributed by atoms with E-state index >= 15 is 0 Å². The first-order valence-corrected chi connectivity index (χ1v) is 13.9. The van der Waals surface area contributed by atoms with Crippen LogP contribution in [0.5, 0.6) is 0 Å². The fourth-order valence-corrected chi connectivity index (χ4v) is 5.89. The molecule has 1 aliphatic heterocycles. The van der Waals surface area contributed by atoms with Gasteiger partial charge >= 0.3 is 20.9 Å². The molecule has 14 nitrogen and oxygen atoms in total. The molecule has 1 unspecified atom stereocenters. The van der Waals surface area contributed by atoms with Gasteiger partial charge in [-0.3, -0.25) is 18.3 Å². The summed E-state index contributed by atoms with van der Waals surface area (Å²) in [5.74, 6) is -1.42. The van der Waals surface area contributed by atoms with E-state index < -0.39 is 57.9 Å². The standard InChI is InChI=1S/C18H24ClN3O11P2/c1-21-14(20-31-8-11-2-4-12(19)5-3-11)6-7-22(18(21)25)17-16(24)15(23)13(33-17)9-32-35(29,30)10-34(26,27)28/h2-7,13,15-17,23-24H,8-10H2,1H3,(H,29,30)(H2,26,27,28)/b20-14-/t13-,15-,16-,17-/m1/s1. The van der Waals surface area contributed by atoms with Gasteiger partial charge in [-0.2, -0.15) is 0 Å². The molecule has 5 N–H and O–H groups in total. The van der Waals surface area contributed by atoms with Crippen LogP contribution in [0.4, 0.5) is 0 Å². The molecule has 1 aliphatic rings. The highest BCUT2D eigenvalue weighted by Crippen LogP contribution is 2.55. The number of ether oxygens (including phenoxy) is 1. The maximum Gasteiger partial charge on any atom is 0.340 e. The van der Waals surface area contributed by atoms with E-state index in [0.29, 0.717) is 5.02 Å². The highest BCUT2D eigenvalue weighted by atomic mass is 35.5. The third-order valence-corrected chi connectivity index (χ3v) is 8.66. The van der Waals surface area contributed by atoms with Gasteiger partial charge in [0.05, 0.1) is 6.61 Å². The number of hydrogen-bond donors (Lipinski definition) is 5. The Morgan fingerprint density at radius 3 is 2.40 bits per heavy atom. The maximum atomic E-state index is 12.8. The second-order valence-corrected chi connectivity index (χ2v) is 12.1. The molecule has 0 amide bonds. The zero-order valence-corrected chi connectivity index (χ0v) is 20.7. The Kier molecular flexibility index (Phi) is 8.77. The number of hydrogen-bond acceptors (Lipinski definition) is 9. The van der Waals surface area contributed by atoms with Gasteiger partial charge in [0.15, 0.2) is 17.6 Å². The van der Waals surface area contributed by atoms with E-state index in [1.807, 2.05) is 0 Å². The van der Waals surface area contributed by atoms with E-state index in [-0.39, 0.29) is 12.1 Å². The number of nitrogens with zero attached hydrogens (tertiary/aromatic N) is 3. The van der Waals surface area contributed by atoms with Crippen molar-refractivity contribution in [3.8, 4) is 0 Å². The average Bonchev–Trinajstić information content (AvgIpc) is 3.03. The number of aliphatic hydroxyl groups excluding tert-OH is 2. The van der Waals surface area contributed by atoms with Crippen molar-refractivity contribution in [2.24, 2.45) is 12.2 Å². The Hall–Kier alpha value is -1.83. The molecule has 194 valence electrons. The summed E-state index contributed by atoms with van der Waals surface area (Å²) in [7, 11) is -8.15. The molecule has 5 atom stereocenters. The first-order chi connectivity index (χ1) is 16.3. The van der Waals surface area contributed by atoms with Crippen LogP contribution < -0.4 is 11.2 Å². The first kappa shape index (κ1) is 27.8. The van der Waals surface area contributed by atoms with Gasteiger partial charge in [0, 0.05) is 24.3 Å². The van der Waals surface area contributed by atoms with Crippen LogP contribution in [0.2, 0.25) is 5.02 Å². The van der Waals surface area contributed by atoms with Gasteiger partial charge in [-0.05, 0) is 17.7 Å². The molecule has 2 aromatic rings. The van der Waals surface area contributed by atoms with Crippen LogP contribution >= 0.6 is 26.8 Å². The summed E-state index contributed by atoms with van der Waals surface area (Å²) in [4.78, 5) is 45.3. The van der Waals surface area contributed by atoms with E-state index in [1.165, 1.54) is 19.3 Å². The number of halogens is 1. The Labute approximate surface area is 203 Å². The highest BCUT2D eigenvalue weighted by molar-refractivity contribution is 7.70. The maximum absolute atomic E-state index is 12.8. The lowest BCUT2D eigenvalue weighted by Crippen LogP contribution is -2.42. The third kappa shape index (κ3) is 7.34. The molecule has 17 heteroatoms. The van der Waals surface area contributed by atoms with Crippen molar-refractivity contribution in [2.45, 2.75) is 31.1 Å². The Morgan fingerprint density at radius 2 is 1.77 bits per heavy atom. The molecule has 1 aromatic carbocycles. The van der Waals surface area contributed by atoms with Crippen LogP contribution in [0.1, 0.15) is 11.8 Å². The monoisotopic (exact) mass is 555 g/mol. The molecule has 3 rings (SSSR count). The first-order valence-electron chi connectivity index (χ1n) is 9.98. The van der Waals surface area contributed by atoms with Crippen LogP contribution in [-0.4, -0.2) is 64.8 Å². The van der Waals surface area contributed by atoms with Crippen LogP contribution in [0.3, 0.4) is 0 Å². The summed E-state index contributed by atoms with van der Waals surface area (Å²) in [6.45, 7) is -0.648. The van der Waals surface area contributed by atoms with Crippen LogP contribution in [-0.2, 0) is 36.9 Å². The number of aliphatic hydroxyl groups is 2. The summed E-state index contributed by atoms with van der Waals surface area (Å²) < 4.78 is 34.9. The molecular formula is C18H24ClN3O11P2. The lowest BCUT2D eigenvalue weighted by atomic mass is 10.1. The van der Waals surface area contributed by atoms with E-state index in [2.05, 4.69) is 9.68 Å². The molecule has 0 saturated carbocycles. The van der Waals surface area contributed by atoms with Gasteiger partial charge in [-0.1, -0.05) is 28.9 Å². The van der Waals surface area contributed by atoms with Crippen molar-refractivity contribution < 1.29 is 48.1 Å². The third-order valence-electron chi connectivity index (χ3n) is 4.95. The van der Waals surface area contributed by atoms with Gasteiger partial charge in [0.25, 0.3) is 0 Å². The normalized spacial score (nSPS) is 24.9. The lowest BCUT2D eigenvalue weighted by molar-refractivity contribution is -0.0530. The summed E-state index contributed by atoms with van der Waals surface area (Å²) in [5.41, 5.74) is 0.257. The van der Waals surface area contributed by atoms with Crippen molar-refractivity contribution in [2.75, 3.05) is 12.5 Å². The SMILES string of the molecule is Cn1c(=O)n([C@@H]2O[C@H](COP(=O)(O)CP(=O)(O)O)[C@@H](O)[C@H]2O)cc/c1=N/OCc1ccc(Cl)cc1. The van der Waals surface area contributed by atoms with E-state index in [9.17, 15) is 29.0 Å². The zero-order valence-electron chi connectivity index (χ0n) is 18.2. The Balaban J connectivity index is 1.70.